The van der Waals surface area contributed by atoms with Crippen molar-refractivity contribution in [2.45, 2.75) is 19.8 Å². The predicted molar refractivity (Wildman–Crippen MR) is 73.9 cm³/mol. The van der Waals surface area contributed by atoms with Crippen LogP contribution in [0, 0.1) is 0 Å². The van der Waals surface area contributed by atoms with Gasteiger partial charge in [0, 0.05) is 18.3 Å². The molecule has 8 heteroatoms. The fourth-order valence-corrected chi connectivity index (χ4v) is 1.49. The van der Waals surface area contributed by atoms with Crippen molar-refractivity contribution >= 4 is 17.4 Å². The second kappa shape index (κ2) is 6.02. The lowest BCUT2D eigenvalue weighted by Gasteiger charge is -2.10. The molecule has 0 saturated carbocycles. The molecular formula is C12H15N7O. The molecule has 0 spiro atoms. The quantitative estimate of drug-likeness (QED) is 0.560. The first-order valence-corrected chi connectivity index (χ1v) is 6.02. The van der Waals surface area contributed by atoms with Gasteiger partial charge >= 0.3 is 0 Å². The van der Waals surface area contributed by atoms with E-state index >= 15 is 0 Å². The summed E-state index contributed by atoms with van der Waals surface area (Å²) < 4.78 is 0. The molecule has 0 unspecified atom stereocenters. The Bertz CT molecular complexity index is 600. The van der Waals surface area contributed by atoms with Crippen molar-refractivity contribution in [1.82, 2.24) is 19.9 Å². The molecular weight excluding hydrogens is 258 g/mol. The molecule has 0 fully saturated rings. The van der Waals surface area contributed by atoms with Crippen molar-refractivity contribution in [2.75, 3.05) is 10.7 Å². The number of anilines is 2. The summed E-state index contributed by atoms with van der Waals surface area (Å²) in [5.41, 5.74) is 2.91. The Morgan fingerprint density at radius 2 is 2.05 bits per heavy atom. The summed E-state index contributed by atoms with van der Waals surface area (Å²) in [5, 5.41) is 2.60. The number of rotatable bonds is 4. The fraction of sp³-hybridized carbons (Fsp3) is 0.250. The Balaban J connectivity index is 2.30. The summed E-state index contributed by atoms with van der Waals surface area (Å²) in [7, 11) is 0. The average Bonchev–Trinajstić information content (AvgIpc) is 2.47. The minimum atomic E-state index is -0.428. The van der Waals surface area contributed by atoms with Crippen molar-refractivity contribution < 1.29 is 4.79 Å². The number of hydrazine groups is 1. The third-order valence-corrected chi connectivity index (χ3v) is 2.50. The number of hydrogen-bond acceptors (Lipinski definition) is 7. The monoisotopic (exact) mass is 273 g/mol. The van der Waals surface area contributed by atoms with E-state index in [4.69, 9.17) is 5.84 Å². The Morgan fingerprint density at radius 1 is 1.25 bits per heavy atom. The van der Waals surface area contributed by atoms with Crippen LogP contribution < -0.4 is 16.6 Å². The number of carbonyl (C=O) groups excluding carboxylic acids is 1. The van der Waals surface area contributed by atoms with Gasteiger partial charge in [0.2, 0.25) is 0 Å². The predicted octanol–water partition coefficient (Wildman–Crippen LogP) is 0.928. The topological polar surface area (TPSA) is 119 Å². The number of aromatic nitrogens is 4. The van der Waals surface area contributed by atoms with Gasteiger partial charge in [-0.2, -0.15) is 0 Å². The summed E-state index contributed by atoms with van der Waals surface area (Å²) in [4.78, 5) is 28.4. The first kappa shape index (κ1) is 13.8. The zero-order valence-corrected chi connectivity index (χ0v) is 11.2. The molecule has 2 rings (SSSR count). The van der Waals surface area contributed by atoms with Crippen LogP contribution in [0.25, 0.3) is 0 Å². The van der Waals surface area contributed by atoms with Gasteiger partial charge in [0.05, 0.1) is 18.1 Å². The third-order valence-electron chi connectivity index (χ3n) is 2.50. The summed E-state index contributed by atoms with van der Waals surface area (Å²) in [6.45, 7) is 3.88. The minimum Gasteiger partial charge on any atom is -0.321 e. The molecule has 0 aliphatic rings. The van der Waals surface area contributed by atoms with Crippen molar-refractivity contribution in [1.29, 1.82) is 0 Å². The summed E-state index contributed by atoms with van der Waals surface area (Å²) in [6, 6.07) is 0. The van der Waals surface area contributed by atoms with Gasteiger partial charge < -0.3 is 10.7 Å². The zero-order valence-electron chi connectivity index (χ0n) is 11.2. The van der Waals surface area contributed by atoms with Crippen molar-refractivity contribution in [3.05, 3.63) is 36.3 Å². The van der Waals surface area contributed by atoms with Gasteiger partial charge in [0.25, 0.3) is 5.91 Å². The number of nitrogens with two attached hydrogens (primary N) is 1. The zero-order chi connectivity index (χ0) is 14.5. The number of nitrogen functional groups attached to an aromatic ring is 1. The molecule has 1 amide bonds. The molecule has 104 valence electrons. The molecule has 0 atom stereocenters. The lowest BCUT2D eigenvalue weighted by Crippen LogP contribution is -2.21. The molecule has 0 bridgehead atoms. The van der Waals surface area contributed by atoms with Crippen LogP contribution in [-0.4, -0.2) is 25.8 Å². The number of nitrogens with zero attached hydrogens (tertiary/aromatic N) is 4. The maximum Gasteiger partial charge on any atom is 0.277 e. The summed E-state index contributed by atoms with van der Waals surface area (Å²) in [6.07, 6.45) is 5.92. The van der Waals surface area contributed by atoms with Crippen molar-refractivity contribution in [3.8, 4) is 0 Å². The molecule has 20 heavy (non-hydrogen) atoms. The van der Waals surface area contributed by atoms with Crippen LogP contribution in [0.3, 0.4) is 0 Å². The van der Waals surface area contributed by atoms with Gasteiger partial charge in [-0.25, -0.2) is 15.0 Å². The molecule has 2 aromatic heterocycles. The molecule has 0 aliphatic heterocycles. The maximum atomic E-state index is 12.2. The van der Waals surface area contributed by atoms with E-state index in [2.05, 4.69) is 30.7 Å². The van der Waals surface area contributed by atoms with Crippen LogP contribution >= 0.6 is 0 Å². The van der Waals surface area contributed by atoms with Crippen molar-refractivity contribution in [2.24, 2.45) is 5.84 Å². The first-order valence-electron chi connectivity index (χ1n) is 6.02. The van der Waals surface area contributed by atoms with Crippen LogP contribution in [0.2, 0.25) is 0 Å². The Kier molecular flexibility index (Phi) is 4.16. The molecule has 2 heterocycles. The number of nitrogens with one attached hydrogen (secondary N) is 2. The van der Waals surface area contributed by atoms with Gasteiger partial charge in [0.1, 0.15) is 5.82 Å². The van der Waals surface area contributed by atoms with E-state index in [0.717, 1.165) is 0 Å². The van der Waals surface area contributed by atoms with Gasteiger partial charge in [-0.1, -0.05) is 13.8 Å². The smallest absolute Gasteiger partial charge is 0.277 e. The Hall–Kier alpha value is -2.61. The van der Waals surface area contributed by atoms with Gasteiger partial charge in [-0.3, -0.25) is 15.6 Å². The van der Waals surface area contributed by atoms with Crippen LogP contribution in [0.4, 0.5) is 11.5 Å². The lowest BCUT2D eigenvalue weighted by atomic mass is 10.2. The van der Waals surface area contributed by atoms with E-state index in [1.54, 1.807) is 0 Å². The van der Waals surface area contributed by atoms with E-state index in [1.807, 2.05) is 13.8 Å². The second-order valence-corrected chi connectivity index (χ2v) is 4.33. The fourth-order valence-electron chi connectivity index (χ4n) is 1.49. The maximum absolute atomic E-state index is 12.2. The highest BCUT2D eigenvalue weighted by Gasteiger charge is 2.16. The van der Waals surface area contributed by atoms with E-state index in [-0.39, 0.29) is 11.6 Å². The van der Waals surface area contributed by atoms with Gasteiger partial charge in [-0.15, -0.1) is 0 Å². The molecule has 0 saturated heterocycles. The number of hydrogen-bond donors (Lipinski definition) is 3. The molecule has 0 aromatic carbocycles. The highest BCUT2D eigenvalue weighted by atomic mass is 16.2. The third kappa shape index (κ3) is 3.04. The van der Waals surface area contributed by atoms with Gasteiger partial charge in [0.15, 0.2) is 11.5 Å². The van der Waals surface area contributed by atoms with Crippen LogP contribution in [-0.2, 0) is 0 Å². The van der Waals surface area contributed by atoms with E-state index < -0.39 is 5.91 Å². The molecule has 8 nitrogen and oxygen atoms in total. The summed E-state index contributed by atoms with van der Waals surface area (Å²) >= 11 is 0. The molecule has 4 N–H and O–H groups in total. The number of amides is 1. The molecule has 0 aliphatic carbocycles. The van der Waals surface area contributed by atoms with E-state index in [0.29, 0.717) is 17.3 Å². The van der Waals surface area contributed by atoms with Gasteiger partial charge in [-0.05, 0) is 0 Å². The lowest BCUT2D eigenvalue weighted by molar-refractivity contribution is 0.102. The molecule has 2 aromatic rings. The first-order chi connectivity index (χ1) is 9.61. The highest BCUT2D eigenvalue weighted by Crippen LogP contribution is 2.16. The van der Waals surface area contributed by atoms with Crippen LogP contribution in [0.1, 0.15) is 36.1 Å². The normalized spacial score (nSPS) is 10.4. The number of carbonyl (C=O) groups is 1. The average molecular weight is 273 g/mol. The van der Waals surface area contributed by atoms with E-state index in [9.17, 15) is 4.79 Å². The second-order valence-electron chi connectivity index (χ2n) is 4.33. The largest absolute Gasteiger partial charge is 0.321 e. The highest BCUT2D eigenvalue weighted by molar-refractivity contribution is 6.05. The Labute approximate surface area is 115 Å². The summed E-state index contributed by atoms with van der Waals surface area (Å²) in [5.74, 6) is 5.95. The van der Waals surface area contributed by atoms with Crippen molar-refractivity contribution in [3.63, 3.8) is 0 Å². The minimum absolute atomic E-state index is 0.102. The van der Waals surface area contributed by atoms with Crippen LogP contribution in [0.15, 0.2) is 24.8 Å². The van der Waals surface area contributed by atoms with E-state index in [1.165, 1.54) is 24.8 Å². The Morgan fingerprint density at radius 3 is 2.65 bits per heavy atom. The standard InChI is InChI=1S/C12H15N7O/c1-7(2)11-16-5-8(19-13)10(18-11)12(20)17-9-6-14-3-4-15-9/h3-7,19H,13H2,1-2H3,(H,15,17,20). The van der Waals surface area contributed by atoms with Crippen LogP contribution in [0.5, 0.6) is 0 Å². The molecule has 0 radical (unpaired) electrons. The SMILES string of the molecule is CC(C)c1ncc(NN)c(C(=O)Nc2cnccn2)n1.